The van der Waals surface area contributed by atoms with Crippen LogP contribution in [-0.4, -0.2) is 12.4 Å². The molecule has 20 heavy (non-hydrogen) atoms. The summed E-state index contributed by atoms with van der Waals surface area (Å²) in [6.07, 6.45) is 0. The van der Waals surface area contributed by atoms with Crippen molar-refractivity contribution in [1.29, 1.82) is 0 Å². The van der Waals surface area contributed by atoms with E-state index in [2.05, 4.69) is 0 Å². The predicted molar refractivity (Wildman–Crippen MR) is 82.7 cm³/mol. The van der Waals surface area contributed by atoms with E-state index in [-0.39, 0.29) is 12.4 Å². The Morgan fingerprint density at radius 3 is 2.05 bits per heavy atom. The zero-order chi connectivity index (χ0) is 14.7. The first-order valence-corrected chi connectivity index (χ1v) is 7.04. The van der Waals surface area contributed by atoms with Crippen LogP contribution in [0.25, 0.3) is 0 Å². The second kappa shape index (κ2) is 6.68. The molecule has 0 radical (unpaired) electrons. The van der Waals surface area contributed by atoms with Gasteiger partial charge in [0.15, 0.2) is 12.4 Å². The molecule has 0 heterocycles. The number of ketones is 1. The molecule has 0 amide bonds. The lowest BCUT2D eigenvalue weighted by atomic mass is 10.1. The van der Waals surface area contributed by atoms with Crippen molar-refractivity contribution < 1.29 is 9.53 Å². The summed E-state index contributed by atoms with van der Waals surface area (Å²) in [5.74, 6) is 0.252. The quantitative estimate of drug-likeness (QED) is 0.675. The van der Waals surface area contributed by atoms with Crippen molar-refractivity contribution in [1.82, 2.24) is 0 Å². The smallest absolute Gasteiger partial charge is 0.200 e. The van der Waals surface area contributed by atoms with Crippen LogP contribution in [0.1, 0.15) is 10.4 Å². The van der Waals surface area contributed by atoms with Gasteiger partial charge < -0.3 is 4.74 Å². The first-order chi connectivity index (χ1) is 9.47. The Labute approximate surface area is 136 Å². The van der Waals surface area contributed by atoms with Gasteiger partial charge in [-0.05, 0) is 30.3 Å². The van der Waals surface area contributed by atoms with Gasteiger partial charge in [0.25, 0.3) is 0 Å². The number of benzene rings is 2. The van der Waals surface area contributed by atoms with Crippen molar-refractivity contribution in [3.63, 3.8) is 0 Å². The fraction of sp³-hybridized carbons (Fsp3) is 0.0714. The van der Waals surface area contributed by atoms with Crippen LogP contribution in [0.4, 0.5) is 0 Å². The van der Waals surface area contributed by atoms with Gasteiger partial charge in [0, 0.05) is 11.6 Å². The third-order valence-corrected chi connectivity index (χ3v) is 3.98. The molecular formula is C14H8Cl4O2. The standard InChI is InChI=1S/C14H8Cl4O2/c15-10-3-1-8(5-12(10)17)14(19)7-20-9-2-4-11(16)13(18)6-9/h1-6H,7H2. The molecule has 2 aromatic carbocycles. The molecule has 2 aromatic rings. The lowest BCUT2D eigenvalue weighted by Gasteiger charge is -2.07. The van der Waals surface area contributed by atoms with E-state index in [0.29, 0.717) is 31.4 Å². The fourth-order valence-electron chi connectivity index (χ4n) is 1.47. The highest BCUT2D eigenvalue weighted by Crippen LogP contribution is 2.26. The van der Waals surface area contributed by atoms with Crippen LogP contribution in [-0.2, 0) is 0 Å². The summed E-state index contributed by atoms with van der Waals surface area (Å²) in [5, 5.41) is 1.52. The second-order valence-corrected chi connectivity index (χ2v) is 5.55. The Morgan fingerprint density at radius 1 is 0.850 bits per heavy atom. The van der Waals surface area contributed by atoms with Crippen LogP contribution in [0.2, 0.25) is 20.1 Å². The summed E-state index contributed by atoms with van der Waals surface area (Å²) < 4.78 is 5.36. The molecule has 104 valence electrons. The molecule has 0 aliphatic heterocycles. The minimum absolute atomic E-state index is 0.129. The average Bonchev–Trinajstić information content (AvgIpc) is 2.43. The van der Waals surface area contributed by atoms with E-state index in [1.54, 1.807) is 30.3 Å². The molecule has 0 saturated carbocycles. The third kappa shape index (κ3) is 3.80. The molecule has 0 N–H and O–H groups in total. The Balaban J connectivity index is 2.04. The fourth-order valence-corrected chi connectivity index (χ4v) is 2.05. The van der Waals surface area contributed by atoms with Crippen LogP contribution < -0.4 is 4.74 Å². The minimum atomic E-state index is -0.213. The van der Waals surface area contributed by atoms with Gasteiger partial charge in [-0.25, -0.2) is 0 Å². The normalized spacial score (nSPS) is 10.4. The van der Waals surface area contributed by atoms with Crippen molar-refractivity contribution in [3.05, 3.63) is 62.1 Å². The van der Waals surface area contributed by atoms with Crippen LogP contribution in [0.5, 0.6) is 5.75 Å². The van der Waals surface area contributed by atoms with Gasteiger partial charge in [0.05, 0.1) is 20.1 Å². The molecular weight excluding hydrogens is 342 g/mol. The molecule has 0 bridgehead atoms. The molecule has 2 nitrogen and oxygen atoms in total. The maximum Gasteiger partial charge on any atom is 0.200 e. The van der Waals surface area contributed by atoms with Crippen LogP contribution in [0.3, 0.4) is 0 Å². The number of carbonyl (C=O) groups is 1. The summed E-state index contributed by atoms with van der Waals surface area (Å²) in [7, 11) is 0. The highest BCUT2D eigenvalue weighted by atomic mass is 35.5. The van der Waals surface area contributed by atoms with Gasteiger partial charge >= 0.3 is 0 Å². The zero-order valence-electron chi connectivity index (χ0n) is 10.00. The maximum atomic E-state index is 11.9. The largest absolute Gasteiger partial charge is 0.485 e. The SMILES string of the molecule is O=C(COc1ccc(Cl)c(Cl)c1)c1ccc(Cl)c(Cl)c1. The van der Waals surface area contributed by atoms with Crippen molar-refractivity contribution in [2.24, 2.45) is 0 Å². The molecule has 0 unspecified atom stereocenters. The van der Waals surface area contributed by atoms with E-state index in [9.17, 15) is 4.79 Å². The lowest BCUT2D eigenvalue weighted by Crippen LogP contribution is -2.11. The Bertz CT molecular complexity index is 656. The maximum absolute atomic E-state index is 11.9. The number of rotatable bonds is 4. The number of halogens is 4. The Hall–Kier alpha value is -0.930. The van der Waals surface area contributed by atoms with E-state index in [0.717, 1.165) is 0 Å². The highest BCUT2D eigenvalue weighted by Gasteiger charge is 2.09. The number of hydrogen-bond acceptors (Lipinski definition) is 2. The molecule has 0 aliphatic carbocycles. The summed E-state index contributed by atoms with van der Waals surface area (Å²) in [6.45, 7) is -0.129. The van der Waals surface area contributed by atoms with Gasteiger partial charge in [-0.15, -0.1) is 0 Å². The lowest BCUT2D eigenvalue weighted by molar-refractivity contribution is 0.0921. The van der Waals surface area contributed by atoms with Gasteiger partial charge in [-0.3, -0.25) is 4.79 Å². The topological polar surface area (TPSA) is 26.3 Å². The summed E-state index contributed by atoms with van der Waals surface area (Å²) in [6, 6.07) is 9.45. The van der Waals surface area contributed by atoms with Crippen LogP contribution in [0, 0.1) is 0 Å². The monoisotopic (exact) mass is 348 g/mol. The van der Waals surface area contributed by atoms with Gasteiger partial charge in [-0.1, -0.05) is 46.4 Å². The van der Waals surface area contributed by atoms with Gasteiger partial charge in [0.1, 0.15) is 5.75 Å². The van der Waals surface area contributed by atoms with E-state index in [1.165, 1.54) is 6.07 Å². The molecule has 0 aromatic heterocycles. The zero-order valence-corrected chi connectivity index (χ0v) is 13.0. The highest BCUT2D eigenvalue weighted by molar-refractivity contribution is 6.42. The number of Topliss-reactive ketones (excluding diaryl/α,β-unsaturated/α-hetero) is 1. The van der Waals surface area contributed by atoms with E-state index < -0.39 is 0 Å². The molecule has 0 fully saturated rings. The molecule has 6 heteroatoms. The van der Waals surface area contributed by atoms with E-state index in [1.807, 2.05) is 0 Å². The van der Waals surface area contributed by atoms with Crippen molar-refractivity contribution in [2.45, 2.75) is 0 Å². The Kier molecular flexibility index (Phi) is 5.17. The first kappa shape index (κ1) is 15.5. The number of carbonyl (C=O) groups excluding carboxylic acids is 1. The second-order valence-electron chi connectivity index (χ2n) is 3.92. The van der Waals surface area contributed by atoms with Crippen molar-refractivity contribution in [2.75, 3.05) is 6.61 Å². The molecule has 0 saturated heterocycles. The number of hydrogen-bond donors (Lipinski definition) is 0. The Morgan fingerprint density at radius 2 is 1.45 bits per heavy atom. The van der Waals surface area contributed by atoms with Crippen molar-refractivity contribution in [3.8, 4) is 5.75 Å². The first-order valence-electron chi connectivity index (χ1n) is 5.53. The minimum Gasteiger partial charge on any atom is -0.485 e. The van der Waals surface area contributed by atoms with Crippen molar-refractivity contribution >= 4 is 52.2 Å². The van der Waals surface area contributed by atoms with Crippen LogP contribution in [0.15, 0.2) is 36.4 Å². The average molecular weight is 350 g/mol. The molecule has 0 atom stereocenters. The van der Waals surface area contributed by atoms with Gasteiger partial charge in [0.2, 0.25) is 0 Å². The van der Waals surface area contributed by atoms with E-state index >= 15 is 0 Å². The third-order valence-electron chi connectivity index (χ3n) is 2.50. The van der Waals surface area contributed by atoms with Crippen LogP contribution >= 0.6 is 46.4 Å². The summed E-state index contributed by atoms with van der Waals surface area (Å²) >= 11 is 23.3. The van der Waals surface area contributed by atoms with E-state index in [4.69, 9.17) is 51.1 Å². The predicted octanol–water partition coefficient (Wildman–Crippen LogP) is 5.56. The summed E-state index contributed by atoms with van der Waals surface area (Å²) in [5.41, 5.74) is 0.430. The number of ether oxygens (including phenoxy) is 1. The summed E-state index contributed by atoms with van der Waals surface area (Å²) in [4.78, 5) is 11.9. The molecule has 0 aliphatic rings. The molecule has 2 rings (SSSR count). The van der Waals surface area contributed by atoms with Gasteiger partial charge in [-0.2, -0.15) is 0 Å². The molecule has 0 spiro atoms.